The first-order chi connectivity index (χ1) is 35.0. The normalized spacial score (nSPS) is 14.2. The van der Waals surface area contributed by atoms with Gasteiger partial charge in [-0.05, 0) is 103 Å². The molecule has 0 rings (SSSR count). The highest BCUT2D eigenvalue weighted by atomic mass is 31.2. The lowest BCUT2D eigenvalue weighted by Crippen LogP contribution is -2.37. The molecule has 0 heterocycles. The van der Waals surface area contributed by atoms with Crippen molar-refractivity contribution in [3.63, 3.8) is 0 Å². The third-order valence-electron chi connectivity index (χ3n) is 11.5. The topological polar surface area (TPSA) is 108 Å². The summed E-state index contributed by atoms with van der Waals surface area (Å²) >= 11 is 0. The summed E-state index contributed by atoms with van der Waals surface area (Å²) in [6.07, 6.45) is 74.1. The average Bonchev–Trinajstić information content (AvgIpc) is 3.34. The Kier molecular flexibility index (Phi) is 49.7. The number of rotatable bonds is 50. The molecule has 410 valence electrons. The molecular weight excluding hydrogens is 918 g/mol. The summed E-state index contributed by atoms with van der Waals surface area (Å²) in [5, 5.41) is 0. The van der Waals surface area contributed by atoms with E-state index in [9.17, 15) is 19.0 Å². The highest BCUT2D eigenvalue weighted by Crippen LogP contribution is 2.43. The van der Waals surface area contributed by atoms with Crippen LogP contribution >= 0.6 is 7.82 Å². The summed E-state index contributed by atoms with van der Waals surface area (Å²) in [7, 11) is 1.43. The first-order valence-electron chi connectivity index (χ1n) is 28.3. The molecule has 0 aromatic heterocycles. The van der Waals surface area contributed by atoms with E-state index in [4.69, 9.17) is 18.5 Å². The van der Waals surface area contributed by atoms with Crippen molar-refractivity contribution in [2.24, 2.45) is 0 Å². The number of unbranched alkanes of at least 4 members (excludes halogenated alkanes) is 16. The molecule has 2 atom stereocenters. The second kappa shape index (κ2) is 52.3. The lowest BCUT2D eigenvalue weighted by molar-refractivity contribution is -0.870. The van der Waals surface area contributed by atoms with Crippen LogP contribution in [0.5, 0.6) is 0 Å². The number of esters is 2. The van der Waals surface area contributed by atoms with Crippen molar-refractivity contribution < 1.29 is 42.1 Å². The zero-order valence-electron chi connectivity index (χ0n) is 46.4. The summed E-state index contributed by atoms with van der Waals surface area (Å²) in [4.78, 5) is 35.7. The van der Waals surface area contributed by atoms with Gasteiger partial charge in [-0.1, -0.05) is 212 Å². The van der Waals surface area contributed by atoms with E-state index in [0.717, 1.165) is 96.3 Å². The summed E-state index contributed by atoms with van der Waals surface area (Å²) < 4.78 is 34.5. The van der Waals surface area contributed by atoms with Gasteiger partial charge in [0.1, 0.15) is 19.8 Å². The number of hydrogen-bond acceptors (Lipinski definition) is 7. The Morgan fingerprint density at radius 3 is 1.14 bits per heavy atom. The number of hydrogen-bond donors (Lipinski definition) is 1. The summed E-state index contributed by atoms with van der Waals surface area (Å²) in [5.41, 5.74) is 0. The minimum absolute atomic E-state index is 0.0166. The molecule has 0 bridgehead atoms. The zero-order valence-corrected chi connectivity index (χ0v) is 47.3. The number of likely N-dealkylation sites (N-methyl/N-ethyl adjacent to an activating group) is 1. The fourth-order valence-corrected chi connectivity index (χ4v) is 7.93. The zero-order chi connectivity index (χ0) is 52.7. The minimum atomic E-state index is -4.41. The summed E-state index contributed by atoms with van der Waals surface area (Å²) in [6.45, 7) is 4.14. The Balaban J connectivity index is 4.25. The third-order valence-corrected chi connectivity index (χ3v) is 12.5. The molecule has 2 unspecified atom stereocenters. The number of ether oxygens (including phenoxy) is 2. The highest BCUT2D eigenvalue weighted by molar-refractivity contribution is 7.47. The number of phosphoric ester groups is 1. The molecule has 0 saturated heterocycles. The van der Waals surface area contributed by atoms with Gasteiger partial charge in [0, 0.05) is 12.8 Å². The predicted octanol–water partition coefficient (Wildman–Crippen LogP) is 17.6. The number of quaternary nitrogens is 1. The molecular formula is C62H105NO8P+. The fraction of sp³-hybridized carbons (Fsp3) is 0.645. The molecule has 72 heavy (non-hydrogen) atoms. The standard InChI is InChI=1S/C62H104NO8P/c1-6-8-10-12-14-16-18-20-22-24-26-28-29-30-31-32-33-35-36-38-40-42-44-46-48-50-52-54-61(64)68-58-60(59-70-72(66,67)69-57-56-63(3,4)5)71-62(65)55-53-51-49-47-45-43-41-39-37-34-27-25-23-21-19-17-15-13-11-9-7-2/h8-11,14-17,20-23,26-28,34,39,41,45,47,60H,6-7,12-13,18-19,24-25,29-33,35-38,40,42-44,46,48-59H2,1-5H3/p+1/b10-8-,11-9-,16-14-,17-15-,22-20-,23-21-,28-26-,34-27-,41-39-,47-45-. The van der Waals surface area contributed by atoms with Crippen molar-refractivity contribution in [2.75, 3.05) is 47.5 Å². The van der Waals surface area contributed by atoms with Gasteiger partial charge in [0.05, 0.1) is 27.7 Å². The van der Waals surface area contributed by atoms with Crippen molar-refractivity contribution >= 4 is 19.8 Å². The van der Waals surface area contributed by atoms with Crippen LogP contribution in [0.2, 0.25) is 0 Å². The number of allylic oxidation sites excluding steroid dienone is 20. The van der Waals surface area contributed by atoms with E-state index in [1.54, 1.807) is 0 Å². The number of nitrogens with zero attached hydrogens (tertiary/aromatic N) is 1. The first-order valence-corrected chi connectivity index (χ1v) is 29.8. The molecule has 0 aromatic rings. The van der Waals surface area contributed by atoms with Gasteiger partial charge in [-0.15, -0.1) is 0 Å². The average molecular weight is 1020 g/mol. The molecule has 0 aromatic carbocycles. The molecule has 0 aliphatic heterocycles. The van der Waals surface area contributed by atoms with Crippen molar-refractivity contribution in [1.82, 2.24) is 0 Å². The van der Waals surface area contributed by atoms with Gasteiger partial charge in [0.15, 0.2) is 6.10 Å². The maximum Gasteiger partial charge on any atom is 0.472 e. The van der Waals surface area contributed by atoms with Gasteiger partial charge < -0.3 is 18.9 Å². The SMILES string of the molecule is CC/C=C\C/C=C\C/C=C\C/C=C\C/C=C\C/C=C\CCCCC(=O)OC(COC(=O)CCCCCCCCCCCCCCCC/C=C\C/C=C\C/C=C\C/C=C\CC)COP(=O)(O)OCC[N+](C)(C)C. The summed E-state index contributed by atoms with van der Waals surface area (Å²) in [6, 6.07) is 0. The smallest absolute Gasteiger partial charge is 0.462 e. The molecule has 0 aliphatic carbocycles. The van der Waals surface area contributed by atoms with Crippen LogP contribution in [0.15, 0.2) is 122 Å². The molecule has 0 radical (unpaired) electrons. The molecule has 0 fully saturated rings. The summed E-state index contributed by atoms with van der Waals surface area (Å²) in [5.74, 6) is -0.856. The van der Waals surface area contributed by atoms with E-state index in [1.165, 1.54) is 77.0 Å². The van der Waals surface area contributed by atoms with E-state index in [2.05, 4.69) is 135 Å². The van der Waals surface area contributed by atoms with Gasteiger partial charge in [0.25, 0.3) is 0 Å². The van der Waals surface area contributed by atoms with Crippen LogP contribution in [0.1, 0.15) is 206 Å². The Morgan fingerprint density at radius 2 is 0.750 bits per heavy atom. The number of phosphoric acid groups is 1. The number of carbonyl (C=O) groups excluding carboxylic acids is 2. The van der Waals surface area contributed by atoms with Crippen LogP contribution in [0, 0.1) is 0 Å². The van der Waals surface area contributed by atoms with E-state index >= 15 is 0 Å². The van der Waals surface area contributed by atoms with Crippen LogP contribution in [-0.4, -0.2) is 74.9 Å². The van der Waals surface area contributed by atoms with Gasteiger partial charge in [-0.25, -0.2) is 4.57 Å². The van der Waals surface area contributed by atoms with E-state index < -0.39 is 26.5 Å². The Labute approximate surface area is 441 Å². The molecule has 9 nitrogen and oxygen atoms in total. The predicted molar refractivity (Wildman–Crippen MR) is 307 cm³/mol. The third kappa shape index (κ3) is 55.7. The number of carbonyl (C=O) groups is 2. The van der Waals surface area contributed by atoms with Crippen molar-refractivity contribution in [2.45, 2.75) is 213 Å². The molecule has 0 amide bonds. The van der Waals surface area contributed by atoms with Gasteiger partial charge in [-0.2, -0.15) is 0 Å². The van der Waals surface area contributed by atoms with Crippen molar-refractivity contribution in [3.8, 4) is 0 Å². The Bertz CT molecular complexity index is 1630. The van der Waals surface area contributed by atoms with Crippen LogP contribution in [0.4, 0.5) is 0 Å². The van der Waals surface area contributed by atoms with E-state index in [1.807, 2.05) is 21.1 Å². The lowest BCUT2D eigenvalue weighted by Gasteiger charge is -2.24. The van der Waals surface area contributed by atoms with E-state index in [0.29, 0.717) is 17.4 Å². The Hall–Kier alpha value is -3.59. The monoisotopic (exact) mass is 1020 g/mol. The lowest BCUT2D eigenvalue weighted by atomic mass is 10.0. The molecule has 1 N–H and O–H groups in total. The van der Waals surface area contributed by atoms with Crippen molar-refractivity contribution in [3.05, 3.63) is 122 Å². The maximum absolute atomic E-state index is 12.8. The van der Waals surface area contributed by atoms with Crippen LogP contribution in [-0.2, 0) is 32.7 Å². The highest BCUT2D eigenvalue weighted by Gasteiger charge is 2.27. The molecule has 0 saturated carbocycles. The minimum Gasteiger partial charge on any atom is -0.462 e. The molecule has 10 heteroatoms. The van der Waals surface area contributed by atoms with E-state index in [-0.39, 0.29) is 32.0 Å². The van der Waals surface area contributed by atoms with Gasteiger partial charge in [0.2, 0.25) is 0 Å². The van der Waals surface area contributed by atoms with Crippen LogP contribution in [0.3, 0.4) is 0 Å². The Morgan fingerprint density at radius 1 is 0.431 bits per heavy atom. The molecule has 0 spiro atoms. The second-order valence-corrected chi connectivity index (χ2v) is 21.0. The van der Waals surface area contributed by atoms with Gasteiger partial charge in [-0.3, -0.25) is 18.6 Å². The van der Waals surface area contributed by atoms with Crippen molar-refractivity contribution in [1.29, 1.82) is 0 Å². The maximum atomic E-state index is 12.8. The fourth-order valence-electron chi connectivity index (χ4n) is 7.19. The molecule has 0 aliphatic rings. The first kappa shape index (κ1) is 68.4. The van der Waals surface area contributed by atoms with Crippen LogP contribution in [0.25, 0.3) is 0 Å². The largest absolute Gasteiger partial charge is 0.472 e. The van der Waals surface area contributed by atoms with Gasteiger partial charge >= 0.3 is 19.8 Å². The second-order valence-electron chi connectivity index (χ2n) is 19.6. The van der Waals surface area contributed by atoms with Crippen LogP contribution < -0.4 is 0 Å². The quantitative estimate of drug-likeness (QED) is 0.0211.